The van der Waals surface area contributed by atoms with E-state index in [2.05, 4.69) is 23.7 Å². The maximum atomic E-state index is 15.2. The summed E-state index contributed by atoms with van der Waals surface area (Å²) in [6, 6.07) is 4.83. The second-order valence-electron chi connectivity index (χ2n) is 10.8. The molecule has 0 amide bonds. The zero-order chi connectivity index (χ0) is 25.2. The van der Waals surface area contributed by atoms with Gasteiger partial charge < -0.3 is 4.90 Å². The molecule has 1 aromatic carbocycles. The smallest absolute Gasteiger partial charge is 0.268 e. The highest BCUT2D eigenvalue weighted by Gasteiger charge is 2.54. The number of nitrogens with one attached hydrogen (secondary N) is 1. The molecule has 6 nitrogen and oxygen atoms in total. The van der Waals surface area contributed by atoms with Crippen LogP contribution in [0.4, 0.5) is 24.7 Å². The Bertz CT molecular complexity index is 1280. The van der Waals surface area contributed by atoms with E-state index < -0.39 is 43.3 Å². The highest BCUT2D eigenvalue weighted by molar-refractivity contribution is 7.92. The van der Waals surface area contributed by atoms with Gasteiger partial charge in [-0.05, 0) is 49.8 Å². The summed E-state index contributed by atoms with van der Waals surface area (Å²) in [5.74, 6) is -3.97. The normalized spacial score (nSPS) is 26.3. The minimum atomic E-state index is -4.74. The van der Waals surface area contributed by atoms with Crippen molar-refractivity contribution in [3.8, 4) is 0 Å². The number of aromatic nitrogens is 1. The van der Waals surface area contributed by atoms with Crippen molar-refractivity contribution in [2.45, 2.75) is 50.5 Å². The van der Waals surface area contributed by atoms with Gasteiger partial charge in [0, 0.05) is 37.2 Å². The lowest BCUT2D eigenvalue weighted by Gasteiger charge is -2.52. The van der Waals surface area contributed by atoms with Gasteiger partial charge in [-0.25, -0.2) is 22.2 Å². The molecule has 1 spiro atoms. The predicted molar refractivity (Wildman–Crippen MR) is 129 cm³/mol. The topological polar surface area (TPSA) is 65.5 Å². The molecule has 0 bridgehead atoms. The third-order valence-electron chi connectivity index (χ3n) is 7.82. The molecular formula is C24H28ClF3N4O2S. The molecule has 3 fully saturated rings. The molecule has 2 aliphatic heterocycles. The summed E-state index contributed by atoms with van der Waals surface area (Å²) in [5.41, 5.74) is 0.487. The van der Waals surface area contributed by atoms with Crippen molar-refractivity contribution in [3.63, 3.8) is 0 Å². The standard InChI is InChI=1S/C24H28ClF3N4O2S/c1-23(2)8-10-32(13-23)17-6-7-24(17)9-11-31(14-24)16-12-15(26)22(21(28)20(16)25)35(33,34)30-19-5-3-4-18(27)29-19/h3-5,12,17H,6-11,13-14H2,1-2H3,(H,29,30). The van der Waals surface area contributed by atoms with Crippen molar-refractivity contribution in [2.24, 2.45) is 10.8 Å². The molecule has 1 N–H and O–H groups in total. The average Bonchev–Trinajstić information content (AvgIpc) is 3.34. The van der Waals surface area contributed by atoms with Gasteiger partial charge in [0.1, 0.15) is 16.7 Å². The minimum Gasteiger partial charge on any atom is -0.370 e. The summed E-state index contributed by atoms with van der Waals surface area (Å²) in [7, 11) is -4.74. The molecule has 3 aliphatic rings. The Morgan fingerprint density at radius 3 is 2.51 bits per heavy atom. The van der Waals surface area contributed by atoms with Crippen molar-refractivity contribution < 1.29 is 21.6 Å². The number of pyridine rings is 1. The number of rotatable bonds is 5. The maximum Gasteiger partial charge on any atom is 0.268 e. The Morgan fingerprint density at radius 2 is 1.89 bits per heavy atom. The molecule has 5 rings (SSSR count). The van der Waals surface area contributed by atoms with Gasteiger partial charge in [-0.2, -0.15) is 4.39 Å². The fourth-order valence-electron chi connectivity index (χ4n) is 5.95. The van der Waals surface area contributed by atoms with E-state index in [-0.39, 0.29) is 11.1 Å². The van der Waals surface area contributed by atoms with Crippen LogP contribution < -0.4 is 9.62 Å². The lowest BCUT2D eigenvalue weighted by Crippen LogP contribution is -2.56. The first kappa shape index (κ1) is 24.6. The molecule has 1 saturated carbocycles. The van der Waals surface area contributed by atoms with E-state index in [9.17, 15) is 12.8 Å². The summed E-state index contributed by atoms with van der Waals surface area (Å²) in [5, 5.41) is -0.450. The lowest BCUT2D eigenvalue weighted by atomic mass is 9.63. The molecular weight excluding hydrogens is 501 g/mol. The van der Waals surface area contributed by atoms with E-state index in [4.69, 9.17) is 11.6 Å². The van der Waals surface area contributed by atoms with Crippen LogP contribution in [0.3, 0.4) is 0 Å². The zero-order valence-electron chi connectivity index (χ0n) is 19.6. The van der Waals surface area contributed by atoms with Gasteiger partial charge in [0.05, 0.1) is 5.69 Å². The summed E-state index contributed by atoms with van der Waals surface area (Å²) in [4.78, 5) is 6.58. The Kier molecular flexibility index (Phi) is 6.00. The molecule has 2 unspecified atom stereocenters. The number of likely N-dealkylation sites (tertiary alicyclic amines) is 1. The summed E-state index contributed by atoms with van der Waals surface area (Å²) < 4.78 is 71.0. The van der Waals surface area contributed by atoms with Crippen molar-refractivity contribution in [1.29, 1.82) is 0 Å². The van der Waals surface area contributed by atoms with Gasteiger partial charge in [-0.3, -0.25) is 9.62 Å². The van der Waals surface area contributed by atoms with Gasteiger partial charge in [0.25, 0.3) is 10.0 Å². The van der Waals surface area contributed by atoms with Gasteiger partial charge >= 0.3 is 0 Å². The molecule has 2 saturated heterocycles. The van der Waals surface area contributed by atoms with Crippen molar-refractivity contribution in [1.82, 2.24) is 9.88 Å². The van der Waals surface area contributed by atoms with Gasteiger partial charge in [0.15, 0.2) is 10.7 Å². The van der Waals surface area contributed by atoms with Crippen LogP contribution in [0.5, 0.6) is 0 Å². The molecule has 0 radical (unpaired) electrons. The third-order valence-corrected chi connectivity index (χ3v) is 9.57. The van der Waals surface area contributed by atoms with E-state index in [0.29, 0.717) is 24.5 Å². The number of anilines is 2. The highest BCUT2D eigenvalue weighted by Crippen LogP contribution is 2.54. The van der Waals surface area contributed by atoms with Crippen molar-refractivity contribution in [3.05, 3.63) is 46.9 Å². The minimum absolute atomic E-state index is 0.0477. The van der Waals surface area contributed by atoms with E-state index in [1.807, 2.05) is 9.62 Å². The SMILES string of the molecule is CC1(C)CCN(C2CCC23CCN(c2cc(F)c(S(=O)(=O)Nc4cccc(F)n4)c(F)c2Cl)C3)C1. The van der Waals surface area contributed by atoms with Crippen LogP contribution in [0.2, 0.25) is 5.02 Å². The molecule has 3 heterocycles. The molecule has 190 valence electrons. The quantitative estimate of drug-likeness (QED) is 0.435. The number of halogens is 4. The van der Waals surface area contributed by atoms with Crippen LogP contribution in [-0.4, -0.2) is 50.5 Å². The molecule has 35 heavy (non-hydrogen) atoms. The summed E-state index contributed by atoms with van der Waals surface area (Å²) in [6.45, 7) is 7.86. The summed E-state index contributed by atoms with van der Waals surface area (Å²) >= 11 is 6.28. The van der Waals surface area contributed by atoms with Gasteiger partial charge in [0.2, 0.25) is 5.95 Å². The number of hydrogen-bond donors (Lipinski definition) is 1. The Morgan fingerprint density at radius 1 is 1.11 bits per heavy atom. The van der Waals surface area contributed by atoms with Crippen LogP contribution >= 0.6 is 11.6 Å². The predicted octanol–water partition coefficient (Wildman–Crippen LogP) is 5.04. The molecule has 11 heteroatoms. The zero-order valence-corrected chi connectivity index (χ0v) is 21.2. The first-order chi connectivity index (χ1) is 16.4. The molecule has 2 atom stereocenters. The Balaban J connectivity index is 1.39. The number of benzene rings is 1. The van der Waals surface area contributed by atoms with E-state index >= 15 is 8.78 Å². The van der Waals surface area contributed by atoms with Gasteiger partial charge in [-0.1, -0.05) is 31.5 Å². The highest BCUT2D eigenvalue weighted by atomic mass is 35.5. The third kappa shape index (κ3) is 4.38. The second kappa shape index (κ2) is 8.52. The van der Waals surface area contributed by atoms with E-state index in [1.165, 1.54) is 12.1 Å². The first-order valence-electron chi connectivity index (χ1n) is 11.7. The monoisotopic (exact) mass is 528 g/mol. The molecule has 1 aromatic heterocycles. The Hall–Kier alpha value is -2.04. The number of nitrogens with zero attached hydrogens (tertiary/aromatic N) is 3. The lowest BCUT2D eigenvalue weighted by molar-refractivity contribution is -0.00273. The van der Waals surface area contributed by atoms with Crippen LogP contribution in [0.25, 0.3) is 0 Å². The fraction of sp³-hybridized carbons (Fsp3) is 0.542. The van der Waals surface area contributed by atoms with Crippen LogP contribution in [-0.2, 0) is 10.0 Å². The van der Waals surface area contributed by atoms with Crippen LogP contribution in [0.1, 0.15) is 39.5 Å². The average molecular weight is 529 g/mol. The summed E-state index contributed by atoms with van der Waals surface area (Å²) in [6.07, 6.45) is 4.20. The first-order valence-corrected chi connectivity index (χ1v) is 13.6. The fourth-order valence-corrected chi connectivity index (χ4v) is 7.41. The number of hydrogen-bond acceptors (Lipinski definition) is 5. The second-order valence-corrected chi connectivity index (χ2v) is 12.8. The van der Waals surface area contributed by atoms with Crippen molar-refractivity contribution in [2.75, 3.05) is 35.8 Å². The van der Waals surface area contributed by atoms with E-state index in [1.54, 1.807) is 0 Å². The molecule has 2 aromatic rings. The van der Waals surface area contributed by atoms with Crippen molar-refractivity contribution >= 4 is 33.1 Å². The number of sulfonamides is 1. The molecule has 1 aliphatic carbocycles. The largest absolute Gasteiger partial charge is 0.370 e. The van der Waals surface area contributed by atoms with E-state index in [0.717, 1.165) is 50.9 Å². The van der Waals surface area contributed by atoms with Crippen LogP contribution in [0.15, 0.2) is 29.2 Å². The Labute approximate surface area is 208 Å². The van der Waals surface area contributed by atoms with Crippen LogP contribution in [0, 0.1) is 28.4 Å². The van der Waals surface area contributed by atoms with Gasteiger partial charge in [-0.15, -0.1) is 0 Å². The maximum absolute atomic E-state index is 15.2.